The van der Waals surface area contributed by atoms with E-state index in [0.717, 1.165) is 66.7 Å². The van der Waals surface area contributed by atoms with Crippen LogP contribution in [0.15, 0.2) is 128 Å². The first-order chi connectivity index (χ1) is 22.5. The van der Waals surface area contributed by atoms with Crippen molar-refractivity contribution in [2.24, 2.45) is 0 Å². The SMILES string of the molecule is Cc1cc(C)c(-[n+]2cn(-c3cccc(Oc4ccc5c6cccnc6n6c7ccccc7nc6c5c4)c3)c3ccccc32)c(C)c1. The Morgan fingerprint density at radius 2 is 1.41 bits per heavy atom. The highest BCUT2D eigenvalue weighted by molar-refractivity contribution is 6.13. The quantitative estimate of drug-likeness (QED) is 0.150. The second-order valence-electron chi connectivity index (χ2n) is 12.0. The summed E-state index contributed by atoms with van der Waals surface area (Å²) >= 11 is 0. The standard InChI is InChI=1S/C40H30N5O/c1-25-20-26(2)38(27(3)21-25)44-24-43(36-15-6-7-16-37(36)44)28-10-8-11-29(22-28)46-30-17-18-31-32-12-9-19-41-39(32)45-35-14-5-4-13-34(35)42-40(45)33(31)23-30/h4-24H,1-3H3/q+1. The zero-order valence-electron chi connectivity index (χ0n) is 25.8. The molecule has 5 aromatic carbocycles. The molecular formula is C40H30N5O+. The molecule has 0 aliphatic rings. The summed E-state index contributed by atoms with van der Waals surface area (Å²) in [4.78, 5) is 9.78. The number of para-hydroxylation sites is 4. The zero-order chi connectivity index (χ0) is 30.9. The van der Waals surface area contributed by atoms with E-state index in [2.05, 4.69) is 113 Å². The summed E-state index contributed by atoms with van der Waals surface area (Å²) in [5.74, 6) is 1.51. The number of rotatable bonds is 4. The predicted molar refractivity (Wildman–Crippen MR) is 185 cm³/mol. The van der Waals surface area contributed by atoms with E-state index >= 15 is 0 Å². The molecule has 6 nitrogen and oxygen atoms in total. The third kappa shape index (κ3) is 4.00. The van der Waals surface area contributed by atoms with Gasteiger partial charge in [0, 0.05) is 23.0 Å². The molecule has 0 saturated heterocycles. The van der Waals surface area contributed by atoms with E-state index in [1.807, 2.05) is 48.7 Å². The van der Waals surface area contributed by atoms with Crippen molar-refractivity contribution in [2.75, 3.05) is 0 Å². The highest BCUT2D eigenvalue weighted by Crippen LogP contribution is 2.35. The van der Waals surface area contributed by atoms with Crippen molar-refractivity contribution in [2.45, 2.75) is 20.8 Å². The van der Waals surface area contributed by atoms with Crippen LogP contribution >= 0.6 is 0 Å². The Bertz CT molecular complexity index is 2640. The van der Waals surface area contributed by atoms with E-state index < -0.39 is 0 Å². The number of aromatic nitrogens is 5. The van der Waals surface area contributed by atoms with Crippen molar-refractivity contribution in [1.82, 2.24) is 18.9 Å². The molecule has 4 heterocycles. The zero-order valence-corrected chi connectivity index (χ0v) is 25.8. The van der Waals surface area contributed by atoms with Crippen LogP contribution in [-0.4, -0.2) is 18.9 Å². The first kappa shape index (κ1) is 26.4. The van der Waals surface area contributed by atoms with E-state index in [4.69, 9.17) is 14.7 Å². The Balaban J connectivity index is 1.16. The fourth-order valence-corrected chi connectivity index (χ4v) is 7.09. The second kappa shape index (κ2) is 10.0. The third-order valence-electron chi connectivity index (χ3n) is 8.92. The van der Waals surface area contributed by atoms with Crippen LogP contribution in [0.25, 0.3) is 60.9 Å². The van der Waals surface area contributed by atoms with Crippen LogP contribution in [0, 0.1) is 20.8 Å². The summed E-state index contributed by atoms with van der Waals surface area (Å²) in [6.45, 7) is 6.52. The fraction of sp³-hybridized carbons (Fsp3) is 0.0750. The predicted octanol–water partition coefficient (Wildman–Crippen LogP) is 9.13. The molecule has 0 radical (unpaired) electrons. The highest BCUT2D eigenvalue weighted by atomic mass is 16.5. The summed E-state index contributed by atoms with van der Waals surface area (Å²) in [6.07, 6.45) is 4.02. The topological polar surface area (TPSA) is 48.2 Å². The van der Waals surface area contributed by atoms with Gasteiger partial charge in [-0.1, -0.05) is 48.0 Å². The van der Waals surface area contributed by atoms with Gasteiger partial charge in [0.15, 0.2) is 11.0 Å². The van der Waals surface area contributed by atoms with Crippen LogP contribution in [-0.2, 0) is 0 Å². The largest absolute Gasteiger partial charge is 0.457 e. The molecular weight excluding hydrogens is 566 g/mol. The van der Waals surface area contributed by atoms with Crippen LogP contribution in [0.3, 0.4) is 0 Å². The Labute approximate surface area is 265 Å². The molecule has 0 N–H and O–H groups in total. The van der Waals surface area contributed by atoms with E-state index in [-0.39, 0.29) is 0 Å². The fourth-order valence-electron chi connectivity index (χ4n) is 7.09. The number of aryl methyl sites for hydroxylation is 3. The van der Waals surface area contributed by atoms with E-state index in [0.29, 0.717) is 0 Å². The van der Waals surface area contributed by atoms with E-state index in [1.165, 1.54) is 22.4 Å². The van der Waals surface area contributed by atoms with Crippen molar-refractivity contribution in [3.05, 3.63) is 144 Å². The number of imidazole rings is 2. The number of pyridine rings is 2. The van der Waals surface area contributed by atoms with Crippen LogP contribution in [0.5, 0.6) is 11.5 Å². The van der Waals surface area contributed by atoms with Crippen molar-refractivity contribution in [1.29, 1.82) is 0 Å². The van der Waals surface area contributed by atoms with Crippen LogP contribution in [0.1, 0.15) is 16.7 Å². The lowest BCUT2D eigenvalue weighted by Crippen LogP contribution is -2.31. The lowest BCUT2D eigenvalue weighted by atomic mass is 10.0. The minimum atomic E-state index is 0.750. The number of ether oxygens (including phenoxy) is 1. The van der Waals surface area contributed by atoms with Crippen LogP contribution in [0.2, 0.25) is 0 Å². The number of nitrogens with zero attached hydrogens (tertiary/aromatic N) is 5. The molecule has 9 aromatic rings. The van der Waals surface area contributed by atoms with Gasteiger partial charge in [-0.3, -0.25) is 4.40 Å². The summed E-state index contributed by atoms with van der Waals surface area (Å²) in [6, 6.07) is 39.9. The molecule has 0 amide bonds. The smallest absolute Gasteiger partial charge is 0.255 e. The monoisotopic (exact) mass is 596 g/mol. The average Bonchev–Trinajstić information content (AvgIpc) is 3.64. The molecule has 4 aromatic heterocycles. The van der Waals surface area contributed by atoms with Gasteiger partial charge in [-0.2, -0.15) is 9.13 Å². The third-order valence-corrected chi connectivity index (χ3v) is 8.92. The molecule has 46 heavy (non-hydrogen) atoms. The minimum Gasteiger partial charge on any atom is -0.457 e. The molecule has 0 unspecified atom stereocenters. The molecule has 6 heteroatoms. The lowest BCUT2D eigenvalue weighted by molar-refractivity contribution is -0.568. The molecule has 0 saturated carbocycles. The number of benzene rings is 5. The van der Waals surface area contributed by atoms with Gasteiger partial charge in [0.25, 0.3) is 6.33 Å². The Morgan fingerprint density at radius 3 is 2.28 bits per heavy atom. The number of fused-ring (bicyclic) bond motifs is 9. The van der Waals surface area contributed by atoms with Gasteiger partial charge in [-0.25, -0.2) is 9.97 Å². The maximum atomic E-state index is 6.57. The Kier molecular flexibility index (Phi) is 5.74. The van der Waals surface area contributed by atoms with Gasteiger partial charge in [0.2, 0.25) is 0 Å². The van der Waals surface area contributed by atoms with Gasteiger partial charge < -0.3 is 4.74 Å². The molecule has 0 fully saturated rings. The van der Waals surface area contributed by atoms with Gasteiger partial charge in [0.05, 0.1) is 11.0 Å². The molecule has 9 rings (SSSR count). The van der Waals surface area contributed by atoms with Gasteiger partial charge in [0.1, 0.15) is 34.2 Å². The van der Waals surface area contributed by atoms with Crippen LogP contribution in [0.4, 0.5) is 0 Å². The second-order valence-corrected chi connectivity index (χ2v) is 12.0. The molecule has 220 valence electrons. The maximum absolute atomic E-state index is 6.57. The molecule has 0 aliphatic heterocycles. The molecule has 0 atom stereocenters. The normalized spacial score (nSPS) is 11.8. The summed E-state index contributed by atoms with van der Waals surface area (Å²) in [5, 5.41) is 3.19. The number of hydrogen-bond donors (Lipinski definition) is 0. The maximum Gasteiger partial charge on any atom is 0.255 e. The summed E-state index contributed by atoms with van der Waals surface area (Å²) < 4.78 is 13.3. The number of hydrogen-bond acceptors (Lipinski definition) is 3. The van der Waals surface area contributed by atoms with Crippen LogP contribution < -0.4 is 9.30 Å². The summed E-state index contributed by atoms with van der Waals surface area (Å²) in [5.41, 5.74) is 12.0. The minimum absolute atomic E-state index is 0.750. The Hall–Kier alpha value is -6.01. The van der Waals surface area contributed by atoms with Crippen molar-refractivity contribution in [3.63, 3.8) is 0 Å². The van der Waals surface area contributed by atoms with Gasteiger partial charge >= 0.3 is 0 Å². The van der Waals surface area contributed by atoms with Crippen molar-refractivity contribution in [3.8, 4) is 22.9 Å². The first-order valence-corrected chi connectivity index (χ1v) is 15.5. The van der Waals surface area contributed by atoms with Crippen molar-refractivity contribution < 1.29 is 9.30 Å². The van der Waals surface area contributed by atoms with Gasteiger partial charge in [-0.15, -0.1) is 0 Å². The average molecular weight is 597 g/mol. The molecule has 0 aliphatic carbocycles. The lowest BCUT2D eigenvalue weighted by Gasteiger charge is -2.11. The molecule has 0 spiro atoms. The van der Waals surface area contributed by atoms with Crippen molar-refractivity contribution >= 4 is 49.5 Å². The summed E-state index contributed by atoms with van der Waals surface area (Å²) in [7, 11) is 0. The van der Waals surface area contributed by atoms with Gasteiger partial charge in [-0.05, 0) is 104 Å². The Morgan fingerprint density at radius 1 is 0.630 bits per heavy atom. The molecule has 0 bridgehead atoms. The first-order valence-electron chi connectivity index (χ1n) is 15.5. The highest BCUT2D eigenvalue weighted by Gasteiger charge is 2.22. The van der Waals surface area contributed by atoms with E-state index in [1.54, 1.807) is 0 Å². The van der Waals surface area contributed by atoms with E-state index in [9.17, 15) is 0 Å².